The third kappa shape index (κ3) is 1.00. The molecule has 1 aromatic rings. The maximum atomic E-state index is 11.3. The molecule has 8 heteroatoms. The largest absolute Gasteiger partial charge is 0.404 e. The van der Waals surface area contributed by atoms with Gasteiger partial charge >= 0.3 is 5.82 Å². The minimum absolute atomic E-state index is 0.0660. The third-order valence-corrected chi connectivity index (χ3v) is 1.92. The van der Waals surface area contributed by atoms with E-state index in [0.29, 0.717) is 5.82 Å². The highest BCUT2D eigenvalue weighted by Gasteiger charge is 2.35. The van der Waals surface area contributed by atoms with Crippen LogP contribution < -0.4 is 10.2 Å². The summed E-state index contributed by atoms with van der Waals surface area (Å²) in [7, 11) is 1.66. The summed E-state index contributed by atoms with van der Waals surface area (Å²) in [4.78, 5) is 22.6. The van der Waals surface area contributed by atoms with Gasteiger partial charge in [0.25, 0.3) is 5.91 Å². The van der Waals surface area contributed by atoms with Gasteiger partial charge in [0.15, 0.2) is 11.4 Å². The fourth-order valence-corrected chi connectivity index (χ4v) is 1.25. The number of fused-ring (bicyclic) bond motifs is 1. The van der Waals surface area contributed by atoms with Crippen LogP contribution in [0.3, 0.4) is 0 Å². The Morgan fingerprint density at radius 2 is 2.36 bits per heavy atom. The number of rotatable bonds is 1. The number of aromatic amines is 1. The number of carbonyl (C=O) groups excluding carboxylic acids is 1. The minimum atomic E-state index is -0.706. The van der Waals surface area contributed by atoms with Crippen LogP contribution in [0.1, 0.15) is 10.4 Å². The maximum Gasteiger partial charge on any atom is 0.404 e. The van der Waals surface area contributed by atoms with Gasteiger partial charge < -0.3 is 15.0 Å². The predicted octanol–water partition coefficient (Wildman–Crippen LogP) is -0.530. The molecule has 1 aliphatic heterocycles. The Morgan fingerprint density at radius 1 is 1.64 bits per heavy atom. The van der Waals surface area contributed by atoms with Crippen LogP contribution in [0.25, 0.3) is 0 Å². The summed E-state index contributed by atoms with van der Waals surface area (Å²) < 4.78 is 0. The molecule has 1 aromatic heterocycles. The Morgan fingerprint density at radius 3 is 3.00 bits per heavy atom. The van der Waals surface area contributed by atoms with Gasteiger partial charge in [-0.2, -0.15) is 5.10 Å². The van der Waals surface area contributed by atoms with Crippen molar-refractivity contribution in [1.82, 2.24) is 15.5 Å². The Bertz CT molecular complexity index is 412. The van der Waals surface area contributed by atoms with E-state index in [9.17, 15) is 14.9 Å². The molecule has 0 fully saturated rings. The number of aromatic nitrogens is 2. The molecule has 73 valence electrons. The Labute approximate surface area is 78.0 Å². The molecule has 0 atom stereocenters. The molecular weight excluding hydrogens is 190 g/mol. The highest BCUT2D eigenvalue weighted by atomic mass is 16.6. The highest BCUT2D eigenvalue weighted by molar-refractivity contribution is 6.03. The first-order chi connectivity index (χ1) is 6.61. The number of H-pyrrole nitrogens is 1. The molecule has 0 aliphatic carbocycles. The van der Waals surface area contributed by atoms with Gasteiger partial charge in [-0.25, -0.2) is 5.32 Å². The van der Waals surface area contributed by atoms with E-state index in [1.807, 2.05) is 0 Å². The highest BCUT2D eigenvalue weighted by Crippen LogP contribution is 2.27. The molecule has 0 saturated carbocycles. The summed E-state index contributed by atoms with van der Waals surface area (Å²) in [6.07, 6.45) is 0. The topological polar surface area (TPSA) is 106 Å². The van der Waals surface area contributed by atoms with Crippen LogP contribution in [0.2, 0.25) is 0 Å². The quantitative estimate of drug-likeness (QED) is 0.480. The van der Waals surface area contributed by atoms with E-state index < -0.39 is 16.6 Å². The van der Waals surface area contributed by atoms with Crippen molar-refractivity contribution >= 4 is 17.5 Å². The van der Waals surface area contributed by atoms with Crippen LogP contribution in [-0.2, 0) is 0 Å². The van der Waals surface area contributed by atoms with Crippen LogP contribution >= 0.6 is 0 Å². The number of hydrogen-bond acceptors (Lipinski definition) is 5. The smallest absolute Gasteiger partial charge is 0.358 e. The Kier molecular flexibility index (Phi) is 1.63. The average molecular weight is 196 g/mol. The number of carbonyl (C=O) groups is 1. The molecule has 8 nitrogen and oxygen atoms in total. The monoisotopic (exact) mass is 196 g/mol. The zero-order chi connectivity index (χ0) is 10.3. The lowest BCUT2D eigenvalue weighted by Crippen LogP contribution is -2.36. The number of nitro groups is 1. The van der Waals surface area contributed by atoms with Crippen LogP contribution in [0.5, 0.6) is 0 Å². The summed E-state index contributed by atoms with van der Waals surface area (Å²) in [6, 6.07) is 0. The maximum absolute atomic E-state index is 11.3. The molecule has 2 rings (SSSR count). The number of nitrogens with one attached hydrogen (secondary N) is 1. The van der Waals surface area contributed by atoms with Crippen LogP contribution in [0.15, 0.2) is 0 Å². The van der Waals surface area contributed by atoms with Gasteiger partial charge in [-0.3, -0.25) is 4.79 Å². The van der Waals surface area contributed by atoms with Crippen molar-refractivity contribution in [3.8, 4) is 0 Å². The average Bonchev–Trinajstić information content (AvgIpc) is 2.56. The molecule has 14 heavy (non-hydrogen) atoms. The lowest BCUT2D eigenvalue weighted by Gasteiger charge is -2.20. The van der Waals surface area contributed by atoms with Gasteiger partial charge in [-0.15, -0.1) is 0 Å². The van der Waals surface area contributed by atoms with Crippen molar-refractivity contribution in [2.45, 2.75) is 0 Å². The number of hydrogen-bond donors (Lipinski definition) is 1. The molecule has 1 aliphatic rings. The minimum Gasteiger partial charge on any atom is -0.358 e. The van der Waals surface area contributed by atoms with Gasteiger partial charge in [0.1, 0.15) is 6.67 Å². The van der Waals surface area contributed by atoms with Gasteiger partial charge in [0.2, 0.25) is 0 Å². The molecule has 0 bridgehead atoms. The van der Waals surface area contributed by atoms with Crippen LogP contribution in [0.4, 0.5) is 11.6 Å². The lowest BCUT2D eigenvalue weighted by molar-refractivity contribution is -0.389. The van der Waals surface area contributed by atoms with Crippen LogP contribution in [-0.4, -0.2) is 34.7 Å². The van der Waals surface area contributed by atoms with E-state index in [2.05, 4.69) is 15.5 Å². The summed E-state index contributed by atoms with van der Waals surface area (Å²) in [6.45, 7) is 0.186. The Hall–Kier alpha value is -2.12. The number of amides is 1. The second kappa shape index (κ2) is 2.69. The van der Waals surface area contributed by atoms with Gasteiger partial charge in [0, 0.05) is 7.05 Å². The van der Waals surface area contributed by atoms with Crippen LogP contribution in [0, 0.1) is 10.1 Å². The van der Waals surface area contributed by atoms with E-state index in [0.717, 1.165) is 0 Å². The van der Waals surface area contributed by atoms with Crippen molar-refractivity contribution in [2.75, 3.05) is 18.6 Å². The predicted molar refractivity (Wildman–Crippen MR) is 45.0 cm³/mol. The molecule has 0 saturated heterocycles. The van der Waals surface area contributed by atoms with E-state index in [1.165, 1.54) is 0 Å². The SMILES string of the molecule is CN1C[N]C(=O)c2c([N+](=O)[O-])n[nH]c21. The molecular formula is C6H6N5O3. The zero-order valence-corrected chi connectivity index (χ0v) is 7.22. The normalized spacial score (nSPS) is 14.9. The molecule has 1 radical (unpaired) electrons. The van der Waals surface area contributed by atoms with E-state index in [4.69, 9.17) is 0 Å². The third-order valence-electron chi connectivity index (χ3n) is 1.92. The van der Waals surface area contributed by atoms with Crippen molar-refractivity contribution in [1.29, 1.82) is 0 Å². The second-order valence-electron chi connectivity index (χ2n) is 2.83. The second-order valence-corrected chi connectivity index (χ2v) is 2.83. The van der Waals surface area contributed by atoms with Gasteiger partial charge in [-0.05, 0) is 4.92 Å². The standard InChI is InChI=1S/C6H6N5O3/c1-10-2-7-6(12)3-4(10)8-9-5(3)11(13)14/h2H2,1H3,(H,8,9). The van der Waals surface area contributed by atoms with Gasteiger partial charge in [0.05, 0.1) is 5.10 Å². The molecule has 1 amide bonds. The van der Waals surface area contributed by atoms with E-state index in [1.54, 1.807) is 11.9 Å². The summed E-state index contributed by atoms with van der Waals surface area (Å²) >= 11 is 0. The van der Waals surface area contributed by atoms with Crippen molar-refractivity contribution in [3.63, 3.8) is 0 Å². The molecule has 0 spiro atoms. The molecule has 2 heterocycles. The summed E-state index contributed by atoms with van der Waals surface area (Å²) in [5.41, 5.74) is -0.0660. The number of nitrogens with zero attached hydrogens (tertiary/aromatic N) is 4. The van der Waals surface area contributed by atoms with E-state index in [-0.39, 0.29) is 12.2 Å². The lowest BCUT2D eigenvalue weighted by atomic mass is 10.2. The zero-order valence-electron chi connectivity index (χ0n) is 7.22. The van der Waals surface area contributed by atoms with Gasteiger partial charge in [-0.1, -0.05) is 0 Å². The number of anilines is 1. The molecule has 0 unspecified atom stereocenters. The first-order valence-corrected chi connectivity index (χ1v) is 3.77. The van der Waals surface area contributed by atoms with Crippen molar-refractivity contribution < 1.29 is 9.72 Å². The van der Waals surface area contributed by atoms with Crippen molar-refractivity contribution in [2.24, 2.45) is 0 Å². The molecule has 1 N–H and O–H groups in total. The fourth-order valence-electron chi connectivity index (χ4n) is 1.25. The molecule has 0 aromatic carbocycles. The fraction of sp³-hybridized carbons (Fsp3) is 0.333. The van der Waals surface area contributed by atoms with E-state index >= 15 is 0 Å². The Balaban J connectivity index is 2.59. The summed E-state index contributed by atoms with van der Waals surface area (Å²) in [5.74, 6) is -0.726. The summed E-state index contributed by atoms with van der Waals surface area (Å²) in [5, 5.41) is 20.0. The first-order valence-electron chi connectivity index (χ1n) is 3.77. The first kappa shape index (κ1) is 8.48. The van der Waals surface area contributed by atoms with Crippen molar-refractivity contribution in [3.05, 3.63) is 15.7 Å².